The fourth-order valence-corrected chi connectivity index (χ4v) is 2.76. The van der Waals surface area contributed by atoms with Crippen LogP contribution >= 0.6 is 12.4 Å². The minimum Gasteiger partial charge on any atom is -0.350 e. The Bertz CT molecular complexity index is 487. The lowest BCUT2D eigenvalue weighted by Crippen LogP contribution is -2.51. The molecule has 0 atom stereocenters. The van der Waals surface area contributed by atoms with E-state index in [0.29, 0.717) is 18.5 Å². The normalized spacial score (nSPS) is 16.9. The van der Waals surface area contributed by atoms with Crippen molar-refractivity contribution in [3.63, 3.8) is 0 Å². The van der Waals surface area contributed by atoms with E-state index in [1.165, 1.54) is 6.42 Å². The summed E-state index contributed by atoms with van der Waals surface area (Å²) in [5, 5.41) is 11.1. The van der Waals surface area contributed by atoms with Gasteiger partial charge in [0.15, 0.2) is 0 Å². The summed E-state index contributed by atoms with van der Waals surface area (Å²) in [4.78, 5) is 12.3. The lowest BCUT2D eigenvalue weighted by atomic mass is 9.82. The number of aromatic nitrogens is 2. The molecule has 1 aliphatic carbocycles. The van der Waals surface area contributed by atoms with Crippen molar-refractivity contribution in [2.24, 2.45) is 5.73 Å². The highest BCUT2D eigenvalue weighted by Gasteiger charge is 2.28. The Balaban J connectivity index is 0.00000220. The van der Waals surface area contributed by atoms with Crippen LogP contribution in [0.15, 0.2) is 6.07 Å². The average Bonchev–Trinajstić information content (AvgIpc) is 2.45. The summed E-state index contributed by atoms with van der Waals surface area (Å²) >= 11 is 0. The minimum atomic E-state index is -0.240. The molecule has 118 valence electrons. The Morgan fingerprint density at radius 1 is 1.33 bits per heavy atom. The topological polar surface area (TPSA) is 80.9 Å². The van der Waals surface area contributed by atoms with E-state index in [4.69, 9.17) is 5.73 Å². The van der Waals surface area contributed by atoms with Crippen LogP contribution in [0.1, 0.15) is 60.8 Å². The molecule has 0 aromatic carbocycles. The molecule has 0 spiro atoms. The molecule has 1 amide bonds. The van der Waals surface area contributed by atoms with E-state index in [2.05, 4.69) is 15.5 Å². The molecule has 21 heavy (non-hydrogen) atoms. The van der Waals surface area contributed by atoms with Gasteiger partial charge in [0.1, 0.15) is 0 Å². The van der Waals surface area contributed by atoms with Crippen LogP contribution in [0, 0.1) is 6.92 Å². The van der Waals surface area contributed by atoms with Crippen molar-refractivity contribution in [1.82, 2.24) is 15.5 Å². The molecular weight excluding hydrogens is 288 g/mol. The van der Waals surface area contributed by atoms with Crippen molar-refractivity contribution in [3.05, 3.63) is 23.0 Å². The maximum Gasteiger partial charge on any atom is 0.253 e. The lowest BCUT2D eigenvalue weighted by Gasteiger charge is -2.33. The van der Waals surface area contributed by atoms with Gasteiger partial charge >= 0.3 is 0 Å². The van der Waals surface area contributed by atoms with Crippen molar-refractivity contribution in [1.29, 1.82) is 0 Å². The van der Waals surface area contributed by atoms with Crippen LogP contribution in [-0.4, -0.2) is 28.2 Å². The molecule has 1 aliphatic rings. The summed E-state index contributed by atoms with van der Waals surface area (Å²) in [7, 11) is 0. The monoisotopic (exact) mass is 312 g/mol. The van der Waals surface area contributed by atoms with Gasteiger partial charge in [-0.15, -0.1) is 12.4 Å². The van der Waals surface area contributed by atoms with Crippen LogP contribution in [0.4, 0.5) is 0 Å². The number of amides is 1. The molecule has 1 fully saturated rings. The Morgan fingerprint density at radius 2 is 2.00 bits per heavy atom. The third kappa shape index (κ3) is 4.64. The van der Waals surface area contributed by atoms with E-state index < -0.39 is 0 Å². The number of nitrogens with zero attached hydrogens (tertiary/aromatic N) is 2. The summed E-state index contributed by atoms with van der Waals surface area (Å²) in [6.07, 6.45) is 6.23. The molecule has 6 heteroatoms. The van der Waals surface area contributed by atoms with Crippen molar-refractivity contribution >= 4 is 18.3 Å². The Labute approximate surface area is 132 Å². The van der Waals surface area contributed by atoms with Crippen LogP contribution in [0.25, 0.3) is 0 Å². The molecule has 1 heterocycles. The second-order valence-corrected chi connectivity index (χ2v) is 5.81. The molecule has 0 saturated heterocycles. The number of carbonyl (C=O) groups excluding carboxylic acids is 1. The molecule has 0 aliphatic heterocycles. The molecule has 2 rings (SSSR count). The summed E-state index contributed by atoms with van der Waals surface area (Å²) in [5.74, 6) is -0.0877. The summed E-state index contributed by atoms with van der Waals surface area (Å²) < 4.78 is 0. The van der Waals surface area contributed by atoms with Gasteiger partial charge in [-0.25, -0.2) is 0 Å². The van der Waals surface area contributed by atoms with Crippen molar-refractivity contribution < 1.29 is 4.79 Å². The van der Waals surface area contributed by atoms with Crippen LogP contribution in [0.5, 0.6) is 0 Å². The lowest BCUT2D eigenvalue weighted by molar-refractivity contribution is 0.0936. The number of hydrogen-bond donors (Lipinski definition) is 2. The highest BCUT2D eigenvalue weighted by molar-refractivity contribution is 5.95. The van der Waals surface area contributed by atoms with Gasteiger partial charge in [-0.2, -0.15) is 10.2 Å². The van der Waals surface area contributed by atoms with E-state index in [0.717, 1.165) is 37.1 Å². The molecule has 0 bridgehead atoms. The van der Waals surface area contributed by atoms with Crippen LogP contribution in [0.2, 0.25) is 0 Å². The van der Waals surface area contributed by atoms with E-state index in [9.17, 15) is 4.79 Å². The molecule has 1 aromatic heterocycles. The van der Waals surface area contributed by atoms with Gasteiger partial charge in [-0.05, 0) is 32.3 Å². The maximum atomic E-state index is 12.3. The predicted octanol–water partition coefficient (Wildman–Crippen LogP) is 2.16. The first-order valence-electron chi connectivity index (χ1n) is 7.44. The number of halogens is 1. The van der Waals surface area contributed by atoms with E-state index >= 15 is 0 Å². The fourth-order valence-electron chi connectivity index (χ4n) is 2.76. The zero-order valence-electron chi connectivity index (χ0n) is 12.8. The molecule has 3 N–H and O–H groups in total. The number of carbonyl (C=O) groups is 1. The van der Waals surface area contributed by atoms with Crippen LogP contribution < -0.4 is 11.1 Å². The van der Waals surface area contributed by atoms with E-state index in [1.807, 2.05) is 13.8 Å². The maximum absolute atomic E-state index is 12.3. The second-order valence-electron chi connectivity index (χ2n) is 5.81. The Kier molecular flexibility index (Phi) is 6.55. The summed E-state index contributed by atoms with van der Waals surface area (Å²) in [6.45, 7) is 4.35. The van der Waals surface area contributed by atoms with E-state index in [1.54, 1.807) is 6.07 Å². The predicted molar refractivity (Wildman–Crippen MR) is 85.7 cm³/mol. The van der Waals surface area contributed by atoms with Gasteiger partial charge in [-0.3, -0.25) is 4.79 Å². The molecular formula is C15H25ClN4O. The largest absolute Gasteiger partial charge is 0.350 e. The number of hydrogen-bond acceptors (Lipinski definition) is 4. The van der Waals surface area contributed by atoms with E-state index in [-0.39, 0.29) is 23.9 Å². The van der Waals surface area contributed by atoms with Crippen molar-refractivity contribution in [3.8, 4) is 0 Å². The SMILES string of the molecule is CCc1nnc(C)cc1C(=O)NCC1(N)CCCCC1.Cl. The van der Waals surface area contributed by atoms with Gasteiger partial charge in [0.05, 0.1) is 17.0 Å². The van der Waals surface area contributed by atoms with Gasteiger partial charge in [-0.1, -0.05) is 26.2 Å². The quantitative estimate of drug-likeness (QED) is 0.892. The number of nitrogens with one attached hydrogen (secondary N) is 1. The highest BCUT2D eigenvalue weighted by atomic mass is 35.5. The number of aryl methyl sites for hydroxylation is 2. The first kappa shape index (κ1) is 17.9. The molecule has 1 saturated carbocycles. The third-order valence-electron chi connectivity index (χ3n) is 4.02. The zero-order valence-corrected chi connectivity index (χ0v) is 13.6. The number of rotatable bonds is 4. The average molecular weight is 313 g/mol. The van der Waals surface area contributed by atoms with Crippen molar-refractivity contribution in [2.75, 3.05) is 6.54 Å². The Hall–Kier alpha value is -1.20. The van der Waals surface area contributed by atoms with Gasteiger partial charge in [0.2, 0.25) is 0 Å². The van der Waals surface area contributed by atoms with Gasteiger partial charge < -0.3 is 11.1 Å². The molecule has 1 aromatic rings. The number of nitrogens with two attached hydrogens (primary N) is 1. The van der Waals surface area contributed by atoms with Crippen LogP contribution in [0.3, 0.4) is 0 Å². The van der Waals surface area contributed by atoms with Gasteiger partial charge in [0.25, 0.3) is 5.91 Å². The van der Waals surface area contributed by atoms with Gasteiger partial charge in [0, 0.05) is 12.1 Å². The Morgan fingerprint density at radius 3 is 2.62 bits per heavy atom. The van der Waals surface area contributed by atoms with Crippen LogP contribution in [-0.2, 0) is 6.42 Å². The molecule has 0 unspecified atom stereocenters. The molecule has 5 nitrogen and oxygen atoms in total. The van der Waals surface area contributed by atoms with Crippen molar-refractivity contribution in [2.45, 2.75) is 57.9 Å². The molecule has 0 radical (unpaired) electrons. The first-order chi connectivity index (χ1) is 9.54. The third-order valence-corrected chi connectivity index (χ3v) is 4.02. The smallest absolute Gasteiger partial charge is 0.253 e. The summed E-state index contributed by atoms with van der Waals surface area (Å²) in [6, 6.07) is 1.80. The second kappa shape index (κ2) is 7.71. The standard InChI is InChI=1S/C15H24N4O.ClH/c1-3-13-12(9-11(2)18-19-13)14(20)17-10-15(16)7-5-4-6-8-15;/h9H,3-8,10,16H2,1-2H3,(H,17,20);1H. The fraction of sp³-hybridized carbons (Fsp3) is 0.667. The highest BCUT2D eigenvalue weighted by Crippen LogP contribution is 2.25. The summed E-state index contributed by atoms with van der Waals surface area (Å²) in [5.41, 5.74) is 8.22. The zero-order chi connectivity index (χ0) is 14.6. The minimum absolute atomic E-state index is 0. The first-order valence-corrected chi connectivity index (χ1v) is 7.44.